The second-order valence-electron chi connectivity index (χ2n) is 7.46. The van der Waals surface area contributed by atoms with Crippen molar-refractivity contribution in [1.82, 2.24) is 0 Å². The zero-order valence-electron chi connectivity index (χ0n) is 15.7. The number of unbranched alkanes of at least 4 members (excludes halogenated alkanes) is 11. The molecule has 1 rings (SSSR count). The van der Waals surface area contributed by atoms with Gasteiger partial charge in [0.1, 0.15) is 19.6 Å². The minimum Gasteiger partial charge on any atom is -0.391 e. The quantitative estimate of drug-likeness (QED) is 0.353. The minimum absolute atomic E-state index is 0.318. The number of quaternary nitrogens is 1. The lowest BCUT2D eigenvalue weighted by Crippen LogP contribution is -2.56. The van der Waals surface area contributed by atoms with E-state index in [1.54, 1.807) is 0 Å². The van der Waals surface area contributed by atoms with Crippen molar-refractivity contribution in [2.24, 2.45) is 0 Å². The van der Waals surface area contributed by atoms with Crippen LogP contribution in [0.3, 0.4) is 0 Å². The van der Waals surface area contributed by atoms with Gasteiger partial charge in [0.2, 0.25) is 0 Å². The molecule has 0 amide bonds. The first-order valence-electron chi connectivity index (χ1n) is 10.4. The first-order valence-corrected chi connectivity index (χ1v) is 10.4. The zero-order chi connectivity index (χ0) is 16.6. The van der Waals surface area contributed by atoms with Crippen molar-refractivity contribution >= 4 is 0 Å². The lowest BCUT2D eigenvalue weighted by Gasteiger charge is -2.41. The van der Waals surface area contributed by atoms with E-state index >= 15 is 0 Å². The molecule has 0 radical (unpaired) electrons. The zero-order valence-corrected chi connectivity index (χ0v) is 15.7. The van der Waals surface area contributed by atoms with Gasteiger partial charge in [-0.3, -0.25) is 0 Å². The normalized spacial score (nSPS) is 17.5. The molecule has 0 aromatic heterocycles. The molecular weight excluding hydrogens is 286 g/mol. The predicted molar refractivity (Wildman–Crippen MR) is 98.7 cm³/mol. The fourth-order valence-electron chi connectivity index (χ4n) is 3.79. The average molecular weight is 329 g/mol. The van der Waals surface area contributed by atoms with Crippen molar-refractivity contribution in [3.8, 4) is 0 Å². The summed E-state index contributed by atoms with van der Waals surface area (Å²) in [6.07, 6.45) is 16.9. The number of aliphatic hydroxyl groups excluding tert-OH is 1. The molecule has 0 aromatic carbocycles. The van der Waals surface area contributed by atoms with Crippen LogP contribution in [0.2, 0.25) is 0 Å². The molecule has 0 saturated carbocycles. The monoisotopic (exact) mass is 328 g/mol. The number of hydrogen-bond acceptors (Lipinski definition) is 2. The maximum atomic E-state index is 9.32. The first kappa shape index (κ1) is 20.9. The van der Waals surface area contributed by atoms with Crippen LogP contribution < -0.4 is 0 Å². The van der Waals surface area contributed by atoms with E-state index < -0.39 is 0 Å². The Morgan fingerprint density at radius 2 is 1.17 bits per heavy atom. The highest BCUT2D eigenvalue weighted by atomic mass is 16.5. The standard InChI is InChI=1S/C20H42NO2/c1-2-3-4-5-6-7-8-9-10-11-12-13-14-21(15-18-22)16-19-23-20-17-21/h22H,2-20H2,1H3/q+1. The number of rotatable bonds is 15. The van der Waals surface area contributed by atoms with Gasteiger partial charge in [-0.15, -0.1) is 0 Å². The highest BCUT2D eigenvalue weighted by Crippen LogP contribution is 2.16. The van der Waals surface area contributed by atoms with Gasteiger partial charge in [-0.05, 0) is 12.8 Å². The molecule has 1 saturated heterocycles. The lowest BCUT2D eigenvalue weighted by atomic mass is 10.0. The molecule has 0 unspecified atom stereocenters. The summed E-state index contributed by atoms with van der Waals surface area (Å²) in [6.45, 7) is 8.70. The molecule has 23 heavy (non-hydrogen) atoms. The predicted octanol–water partition coefficient (Wildman–Crippen LogP) is 4.53. The third kappa shape index (κ3) is 10.4. The second kappa shape index (κ2) is 14.2. The molecule has 1 aliphatic rings. The molecular formula is C20H42NO2+. The summed E-state index contributed by atoms with van der Waals surface area (Å²) in [6, 6.07) is 0. The molecule has 1 aliphatic heterocycles. The van der Waals surface area contributed by atoms with Gasteiger partial charge in [-0.2, -0.15) is 0 Å². The van der Waals surface area contributed by atoms with Gasteiger partial charge >= 0.3 is 0 Å². The Hall–Kier alpha value is -0.120. The summed E-state index contributed by atoms with van der Waals surface area (Å²) in [5, 5.41) is 9.32. The van der Waals surface area contributed by atoms with E-state index in [4.69, 9.17) is 4.74 Å². The van der Waals surface area contributed by atoms with Gasteiger partial charge < -0.3 is 14.3 Å². The van der Waals surface area contributed by atoms with Gasteiger partial charge in [0.05, 0.1) is 26.4 Å². The molecule has 0 spiro atoms. The highest BCUT2D eigenvalue weighted by molar-refractivity contribution is 4.53. The maximum absolute atomic E-state index is 9.32. The van der Waals surface area contributed by atoms with E-state index in [1.807, 2.05) is 0 Å². The Bertz CT molecular complexity index is 247. The fraction of sp³-hybridized carbons (Fsp3) is 1.00. The van der Waals surface area contributed by atoms with E-state index in [2.05, 4.69) is 6.92 Å². The molecule has 1 heterocycles. The SMILES string of the molecule is CCCCCCCCCCCCCC[N+]1(CCO)CCOCC1. The molecule has 0 atom stereocenters. The average Bonchev–Trinajstić information content (AvgIpc) is 2.57. The molecule has 0 aliphatic carbocycles. The molecule has 138 valence electrons. The number of hydrogen-bond donors (Lipinski definition) is 1. The van der Waals surface area contributed by atoms with Crippen LogP contribution in [0.5, 0.6) is 0 Å². The summed E-state index contributed by atoms with van der Waals surface area (Å²) in [5.41, 5.74) is 0. The smallest absolute Gasteiger partial charge is 0.103 e. The Morgan fingerprint density at radius 1 is 0.696 bits per heavy atom. The topological polar surface area (TPSA) is 29.5 Å². The summed E-state index contributed by atoms with van der Waals surface area (Å²) in [5.74, 6) is 0. The molecule has 0 aromatic rings. The third-order valence-electron chi connectivity index (χ3n) is 5.48. The number of aliphatic hydroxyl groups is 1. The van der Waals surface area contributed by atoms with E-state index in [-0.39, 0.29) is 0 Å². The van der Waals surface area contributed by atoms with Crippen molar-refractivity contribution in [1.29, 1.82) is 0 Å². The molecule has 1 fully saturated rings. The molecule has 1 N–H and O–H groups in total. The van der Waals surface area contributed by atoms with Crippen molar-refractivity contribution in [2.45, 2.75) is 84.0 Å². The highest BCUT2D eigenvalue weighted by Gasteiger charge is 2.28. The maximum Gasteiger partial charge on any atom is 0.103 e. The van der Waals surface area contributed by atoms with Gasteiger partial charge in [-0.1, -0.05) is 71.1 Å². The Morgan fingerprint density at radius 3 is 1.65 bits per heavy atom. The Labute approximate surface area is 145 Å². The largest absolute Gasteiger partial charge is 0.391 e. The van der Waals surface area contributed by atoms with Crippen LogP contribution in [0.25, 0.3) is 0 Å². The van der Waals surface area contributed by atoms with E-state index in [9.17, 15) is 5.11 Å². The molecule has 3 heteroatoms. The van der Waals surface area contributed by atoms with Crippen LogP contribution >= 0.6 is 0 Å². The second-order valence-corrected chi connectivity index (χ2v) is 7.46. The summed E-state index contributed by atoms with van der Waals surface area (Å²) in [7, 11) is 0. The van der Waals surface area contributed by atoms with Gasteiger partial charge in [0.15, 0.2) is 0 Å². The summed E-state index contributed by atoms with van der Waals surface area (Å²) in [4.78, 5) is 0. The van der Waals surface area contributed by atoms with Crippen LogP contribution in [-0.4, -0.2) is 55.6 Å². The minimum atomic E-state index is 0.318. The van der Waals surface area contributed by atoms with Gasteiger partial charge in [0.25, 0.3) is 0 Å². The first-order chi connectivity index (χ1) is 11.3. The van der Waals surface area contributed by atoms with E-state index in [1.165, 1.54) is 83.6 Å². The van der Waals surface area contributed by atoms with Crippen LogP contribution in [0, 0.1) is 0 Å². The van der Waals surface area contributed by atoms with Gasteiger partial charge in [-0.25, -0.2) is 0 Å². The van der Waals surface area contributed by atoms with Crippen LogP contribution in [0.1, 0.15) is 84.0 Å². The lowest BCUT2D eigenvalue weighted by molar-refractivity contribution is -0.935. The fourth-order valence-corrected chi connectivity index (χ4v) is 3.79. The molecule has 3 nitrogen and oxygen atoms in total. The summed E-state index contributed by atoms with van der Waals surface area (Å²) >= 11 is 0. The van der Waals surface area contributed by atoms with Crippen LogP contribution in [0.15, 0.2) is 0 Å². The van der Waals surface area contributed by atoms with Crippen molar-refractivity contribution in [2.75, 3.05) is 46.0 Å². The van der Waals surface area contributed by atoms with Crippen LogP contribution in [-0.2, 0) is 4.74 Å². The number of nitrogens with zero attached hydrogens (tertiary/aromatic N) is 1. The number of ether oxygens (including phenoxy) is 1. The van der Waals surface area contributed by atoms with E-state index in [0.717, 1.165) is 37.3 Å². The number of morpholine rings is 1. The summed E-state index contributed by atoms with van der Waals surface area (Å²) < 4.78 is 6.58. The van der Waals surface area contributed by atoms with Crippen LogP contribution in [0.4, 0.5) is 0 Å². The van der Waals surface area contributed by atoms with Crippen molar-refractivity contribution in [3.63, 3.8) is 0 Å². The Kier molecular flexibility index (Phi) is 13.0. The Balaban J connectivity index is 1.90. The van der Waals surface area contributed by atoms with Crippen molar-refractivity contribution in [3.05, 3.63) is 0 Å². The molecule has 0 bridgehead atoms. The van der Waals surface area contributed by atoms with Gasteiger partial charge in [0, 0.05) is 0 Å². The van der Waals surface area contributed by atoms with Crippen molar-refractivity contribution < 1.29 is 14.3 Å². The van der Waals surface area contributed by atoms with E-state index in [0.29, 0.717) is 6.61 Å². The third-order valence-corrected chi connectivity index (χ3v) is 5.48.